The number of nitrogens with two attached hydrogens (primary N) is 1. The normalized spacial score (nSPS) is 15.2. The van der Waals surface area contributed by atoms with E-state index in [4.69, 9.17) is 15.2 Å². The smallest absolute Gasteiger partial charge is 0.317 e. The molecule has 13 nitrogen and oxygen atoms in total. The molecule has 0 aromatic heterocycles. The van der Waals surface area contributed by atoms with Crippen LogP contribution in [0.4, 0.5) is 23.2 Å². The number of sulfonamides is 1. The Hall–Kier alpha value is -5.61. The van der Waals surface area contributed by atoms with Crippen molar-refractivity contribution < 1.29 is 54.9 Å². The maximum absolute atomic E-state index is 14.1. The highest BCUT2D eigenvalue weighted by molar-refractivity contribution is 7.89. The molecule has 0 saturated carbocycles. The molecule has 0 spiro atoms. The first-order chi connectivity index (χ1) is 30.7. The van der Waals surface area contributed by atoms with Crippen LogP contribution in [0.3, 0.4) is 0 Å². The molecule has 3 aromatic rings. The second kappa shape index (κ2) is 21.6. The molecule has 2 aliphatic rings. The summed E-state index contributed by atoms with van der Waals surface area (Å²) in [7, 11) is -3.72. The third-order valence-electron chi connectivity index (χ3n) is 11.4. The summed E-state index contributed by atoms with van der Waals surface area (Å²) in [5, 5.41) is 12.1. The number of aliphatic hydroxyl groups excluding tert-OH is 1. The molecule has 350 valence electrons. The van der Waals surface area contributed by atoms with E-state index in [1.165, 1.54) is 17.3 Å². The second-order valence-corrected chi connectivity index (χ2v) is 18.9. The van der Waals surface area contributed by atoms with E-state index in [0.717, 1.165) is 0 Å². The molecule has 4 N–H and O–H groups in total. The number of benzene rings is 3. The second-order valence-electron chi connectivity index (χ2n) is 16.9. The van der Waals surface area contributed by atoms with Gasteiger partial charge < -0.3 is 30.5 Å². The number of amidine groups is 1. The summed E-state index contributed by atoms with van der Waals surface area (Å²) in [5.74, 6) is -4.14. The predicted molar refractivity (Wildman–Crippen MR) is 237 cm³/mol. The predicted octanol–water partition coefficient (Wildman–Crippen LogP) is 6.64. The SMILES string of the molecule is CCCN(CC#CCNC(=O)CCC(C)(C)OCCC(C)(CC)C(=O)Oc1c(F)c(F)cc(F)c1F)C(=O)C1=Cc2ccc(-c3cccc(S(=O)(=O)N4CC(CO)C4)c3)cc2N=C(N)C1. The molecule has 5 rings (SSSR count). The number of halogens is 4. The van der Waals surface area contributed by atoms with Gasteiger partial charge in [0.1, 0.15) is 5.84 Å². The molecule has 65 heavy (non-hydrogen) atoms. The van der Waals surface area contributed by atoms with Crippen molar-refractivity contribution in [2.75, 3.05) is 45.9 Å². The largest absolute Gasteiger partial charge is 0.420 e. The molecule has 0 radical (unpaired) electrons. The van der Waals surface area contributed by atoms with Crippen molar-refractivity contribution in [1.29, 1.82) is 0 Å². The summed E-state index contributed by atoms with van der Waals surface area (Å²) in [6, 6.07) is 12.1. The number of esters is 1. The van der Waals surface area contributed by atoms with Crippen LogP contribution in [0.1, 0.15) is 78.7 Å². The number of amides is 2. The van der Waals surface area contributed by atoms with Gasteiger partial charge in [-0.05, 0) is 81.9 Å². The van der Waals surface area contributed by atoms with Gasteiger partial charge in [0, 0.05) is 68.8 Å². The van der Waals surface area contributed by atoms with Crippen molar-refractivity contribution >= 4 is 45.4 Å². The highest BCUT2D eigenvalue weighted by Crippen LogP contribution is 2.35. The lowest BCUT2D eigenvalue weighted by Gasteiger charge is -2.36. The molecule has 2 aliphatic heterocycles. The molecule has 2 heterocycles. The molecule has 0 bridgehead atoms. The van der Waals surface area contributed by atoms with Crippen LogP contribution in [0, 0.1) is 46.4 Å². The van der Waals surface area contributed by atoms with Crippen molar-refractivity contribution in [2.24, 2.45) is 22.1 Å². The number of hydrogen-bond donors (Lipinski definition) is 3. The average Bonchev–Trinajstić information content (AvgIpc) is 3.42. The average molecular weight is 926 g/mol. The number of aliphatic hydroxyl groups is 1. The monoisotopic (exact) mass is 925 g/mol. The molecule has 1 unspecified atom stereocenters. The van der Waals surface area contributed by atoms with Crippen LogP contribution in [0.15, 0.2) is 64.0 Å². The maximum Gasteiger partial charge on any atom is 0.317 e. The maximum atomic E-state index is 14.1. The number of hydrogen-bond acceptors (Lipinski definition) is 10. The Kier molecular flexibility index (Phi) is 16.7. The molecule has 3 aromatic carbocycles. The van der Waals surface area contributed by atoms with Crippen LogP contribution in [0.5, 0.6) is 5.75 Å². The van der Waals surface area contributed by atoms with Crippen molar-refractivity contribution in [3.63, 3.8) is 0 Å². The Morgan fingerprint density at radius 3 is 2.34 bits per heavy atom. The number of nitrogens with one attached hydrogen (secondary N) is 1. The first kappa shape index (κ1) is 50.4. The quantitative estimate of drug-likeness (QED) is 0.0391. The summed E-state index contributed by atoms with van der Waals surface area (Å²) in [4.78, 5) is 45.7. The van der Waals surface area contributed by atoms with Gasteiger partial charge in [0.05, 0.1) is 34.7 Å². The summed E-state index contributed by atoms with van der Waals surface area (Å²) < 4.78 is 94.0. The van der Waals surface area contributed by atoms with Crippen LogP contribution in [0.2, 0.25) is 0 Å². The van der Waals surface area contributed by atoms with E-state index in [9.17, 15) is 45.5 Å². The highest BCUT2D eigenvalue weighted by Gasteiger charge is 2.38. The summed E-state index contributed by atoms with van der Waals surface area (Å²) in [6.45, 7) is 9.55. The van der Waals surface area contributed by atoms with Gasteiger partial charge in [0.2, 0.25) is 33.3 Å². The molecule has 2 amide bonds. The molecule has 18 heteroatoms. The fraction of sp³-hybridized carbons (Fsp3) is 0.447. The third-order valence-corrected chi connectivity index (χ3v) is 13.3. The Morgan fingerprint density at radius 2 is 1.68 bits per heavy atom. The molecular weight excluding hydrogens is 871 g/mol. The summed E-state index contributed by atoms with van der Waals surface area (Å²) in [6.07, 6.45) is 3.05. The Morgan fingerprint density at radius 1 is 0.985 bits per heavy atom. The van der Waals surface area contributed by atoms with Gasteiger partial charge in [-0.2, -0.15) is 13.1 Å². The van der Waals surface area contributed by atoms with E-state index >= 15 is 0 Å². The zero-order valence-corrected chi connectivity index (χ0v) is 37.9. The fourth-order valence-electron chi connectivity index (χ4n) is 7.02. The van der Waals surface area contributed by atoms with Crippen LogP contribution in [0.25, 0.3) is 17.2 Å². The van der Waals surface area contributed by atoms with Crippen molar-refractivity contribution in [3.8, 4) is 28.7 Å². The minimum absolute atomic E-state index is 0.00285. The Bertz CT molecular complexity index is 2490. The summed E-state index contributed by atoms with van der Waals surface area (Å²) >= 11 is 0. The topological polar surface area (TPSA) is 181 Å². The van der Waals surface area contributed by atoms with Gasteiger partial charge in [0.15, 0.2) is 11.6 Å². The van der Waals surface area contributed by atoms with Gasteiger partial charge in [-0.3, -0.25) is 14.4 Å². The van der Waals surface area contributed by atoms with Crippen molar-refractivity contribution in [2.45, 2.75) is 83.6 Å². The first-order valence-electron chi connectivity index (χ1n) is 21.3. The highest BCUT2D eigenvalue weighted by atomic mass is 32.2. The van der Waals surface area contributed by atoms with E-state index in [1.54, 1.807) is 62.1 Å². The van der Waals surface area contributed by atoms with Gasteiger partial charge in [-0.1, -0.05) is 50.0 Å². The molecular formula is C47H55F4N5O8S. The fourth-order valence-corrected chi connectivity index (χ4v) is 8.66. The van der Waals surface area contributed by atoms with Crippen LogP contribution in [-0.2, 0) is 29.1 Å². The number of fused-ring (bicyclic) bond motifs is 1. The standard InChI is InChI=1S/C47H55F4N5O8S/c1-6-19-55(20-9-8-18-53-40(58)15-16-46(3,4)63-21-17-47(5,7-2)45(60)64-43-41(50)36(48)26-37(49)42(43)51)44(59)34-22-33-14-13-32(24-38(33)54-39(52)25-34)31-11-10-12-35(23-31)65(61,62)56-27-30(28-56)29-57/h10-14,22-24,26,30,57H,6-7,15-21,25,27-29H2,1-5H3,(H2,52,54)(H,53,58). The number of aliphatic imine (C=N–C) groups is 1. The van der Waals surface area contributed by atoms with Gasteiger partial charge in [0.25, 0.3) is 5.91 Å². The van der Waals surface area contributed by atoms with Gasteiger partial charge in [-0.15, -0.1) is 0 Å². The lowest BCUT2D eigenvalue weighted by Crippen LogP contribution is -2.51. The third kappa shape index (κ3) is 12.6. The zero-order valence-electron chi connectivity index (χ0n) is 37.1. The van der Waals surface area contributed by atoms with E-state index < -0.39 is 56.0 Å². The lowest BCUT2D eigenvalue weighted by atomic mass is 9.84. The summed E-state index contributed by atoms with van der Waals surface area (Å²) in [5.41, 5.74) is 7.14. The minimum Gasteiger partial charge on any atom is -0.420 e. The minimum atomic E-state index is -3.72. The number of nitrogens with zero attached hydrogens (tertiary/aromatic N) is 3. The van der Waals surface area contributed by atoms with Crippen molar-refractivity contribution in [1.82, 2.24) is 14.5 Å². The van der Waals surface area contributed by atoms with Crippen LogP contribution >= 0.6 is 0 Å². The Labute approximate surface area is 377 Å². The number of carbonyl (C=O) groups excluding carboxylic acids is 3. The zero-order chi connectivity index (χ0) is 47.7. The lowest BCUT2D eigenvalue weighted by molar-refractivity contribution is -0.148. The van der Waals surface area contributed by atoms with E-state index in [1.807, 2.05) is 13.0 Å². The molecule has 1 fully saturated rings. The van der Waals surface area contributed by atoms with Gasteiger partial charge in [-0.25, -0.2) is 22.2 Å². The van der Waals surface area contributed by atoms with Crippen LogP contribution in [-0.4, -0.2) is 97.9 Å². The Balaban J connectivity index is 1.11. The van der Waals surface area contributed by atoms with Crippen molar-refractivity contribution in [3.05, 3.63) is 82.9 Å². The number of ether oxygens (including phenoxy) is 2. The molecule has 1 saturated heterocycles. The van der Waals surface area contributed by atoms with Crippen LogP contribution < -0.4 is 15.8 Å². The molecule has 0 aliphatic carbocycles. The van der Waals surface area contributed by atoms with E-state index in [0.29, 0.717) is 40.9 Å². The number of rotatable bonds is 19. The van der Waals surface area contributed by atoms with E-state index in [2.05, 4.69) is 22.2 Å². The van der Waals surface area contributed by atoms with Gasteiger partial charge >= 0.3 is 5.97 Å². The first-order valence-corrected chi connectivity index (χ1v) is 22.8. The van der Waals surface area contributed by atoms with E-state index in [-0.39, 0.29) is 106 Å². The molecule has 1 atom stereocenters. The number of carbonyl (C=O) groups is 3.